The maximum absolute atomic E-state index is 8.72. The van der Waals surface area contributed by atoms with Crippen molar-refractivity contribution in [1.29, 1.82) is 5.26 Å². The number of fused-ring (bicyclic) bond motifs is 3. The van der Waals surface area contributed by atoms with Crippen LogP contribution < -0.4 is 0 Å². The second-order valence-corrected chi connectivity index (χ2v) is 5.96. The van der Waals surface area contributed by atoms with Crippen molar-refractivity contribution in [2.45, 2.75) is 32.8 Å². The van der Waals surface area contributed by atoms with E-state index in [2.05, 4.69) is 22.5 Å². The highest BCUT2D eigenvalue weighted by atomic mass is 35.7. The molecular formula is C14H16ClN2OP. The molecule has 0 fully saturated rings. The minimum absolute atomic E-state index is 0.0691. The number of benzene rings is 1. The molecule has 1 aromatic heterocycles. The molecule has 100 valence electrons. The standard InChI is InChI=1S/C12H10ClN2OP.C2H6/c13-17-15-10(8-11(16-17)5-6-14)7-9-3-1-2-4-12(9)15;1-2/h1-4,7,11H,5,8H2;1-2H3/t11-,17?;/m1./s1. The maximum atomic E-state index is 8.72. The molecular weight excluding hydrogens is 279 g/mol. The summed E-state index contributed by atoms with van der Waals surface area (Å²) in [4.78, 5) is 0. The first-order chi connectivity index (χ1) is 9.29. The van der Waals surface area contributed by atoms with Crippen LogP contribution in [0.1, 0.15) is 26.0 Å². The summed E-state index contributed by atoms with van der Waals surface area (Å²) in [6.45, 7) is 4.00. The molecule has 0 aliphatic carbocycles. The first kappa shape index (κ1) is 14.3. The molecule has 0 N–H and O–H groups in total. The number of hydrogen-bond acceptors (Lipinski definition) is 2. The minimum Gasteiger partial charge on any atom is -0.322 e. The van der Waals surface area contributed by atoms with E-state index in [9.17, 15) is 0 Å². The van der Waals surface area contributed by atoms with E-state index in [0.29, 0.717) is 6.42 Å². The second-order valence-electron chi connectivity index (χ2n) is 4.03. The topological polar surface area (TPSA) is 38.0 Å². The molecule has 2 aromatic rings. The van der Waals surface area contributed by atoms with Crippen molar-refractivity contribution in [2.24, 2.45) is 0 Å². The third kappa shape index (κ3) is 2.77. The van der Waals surface area contributed by atoms with Crippen LogP contribution in [0, 0.1) is 11.3 Å². The molecule has 0 radical (unpaired) electrons. The van der Waals surface area contributed by atoms with Crippen molar-refractivity contribution >= 4 is 29.8 Å². The molecule has 1 aliphatic heterocycles. The van der Waals surface area contributed by atoms with E-state index in [1.807, 2.05) is 32.0 Å². The number of halogens is 1. The quantitative estimate of drug-likeness (QED) is 0.706. The highest BCUT2D eigenvalue weighted by Crippen LogP contribution is 2.52. The molecule has 3 nitrogen and oxygen atoms in total. The van der Waals surface area contributed by atoms with E-state index >= 15 is 0 Å². The molecule has 19 heavy (non-hydrogen) atoms. The molecule has 1 unspecified atom stereocenters. The van der Waals surface area contributed by atoms with Crippen LogP contribution in [0.15, 0.2) is 30.3 Å². The van der Waals surface area contributed by atoms with Gasteiger partial charge in [-0.1, -0.05) is 32.0 Å². The first-order valence-electron chi connectivity index (χ1n) is 6.39. The van der Waals surface area contributed by atoms with Crippen molar-refractivity contribution in [3.63, 3.8) is 0 Å². The summed E-state index contributed by atoms with van der Waals surface area (Å²) in [6.07, 6.45) is 1.08. The third-order valence-corrected chi connectivity index (χ3v) is 4.86. The molecule has 1 aromatic carbocycles. The Balaban J connectivity index is 0.000000637. The van der Waals surface area contributed by atoms with Crippen molar-refractivity contribution < 1.29 is 4.52 Å². The fourth-order valence-corrected chi connectivity index (χ4v) is 4.24. The molecule has 3 rings (SSSR count). The minimum atomic E-state index is -1.18. The second kappa shape index (κ2) is 6.39. The van der Waals surface area contributed by atoms with Gasteiger partial charge in [-0.15, -0.1) is 0 Å². The SMILES string of the molecule is CC.N#CC[C@@H]1Cc2cc3ccccc3n2P(Cl)O1. The van der Waals surface area contributed by atoms with E-state index in [1.165, 1.54) is 11.1 Å². The van der Waals surface area contributed by atoms with Crippen LogP contribution in [0.5, 0.6) is 0 Å². The van der Waals surface area contributed by atoms with Crippen LogP contribution in [-0.2, 0) is 10.9 Å². The Labute approximate surface area is 119 Å². The average Bonchev–Trinajstić information content (AvgIpc) is 2.80. The molecule has 0 bridgehead atoms. The van der Waals surface area contributed by atoms with Crippen molar-refractivity contribution in [2.75, 3.05) is 0 Å². The molecule has 0 spiro atoms. The Kier molecular flexibility index (Phi) is 4.82. The first-order valence-corrected chi connectivity index (χ1v) is 8.50. The van der Waals surface area contributed by atoms with E-state index in [4.69, 9.17) is 21.0 Å². The number of hydrogen-bond donors (Lipinski definition) is 0. The van der Waals surface area contributed by atoms with Crippen LogP contribution in [0.25, 0.3) is 10.9 Å². The average molecular weight is 295 g/mol. The van der Waals surface area contributed by atoms with Crippen molar-refractivity contribution in [1.82, 2.24) is 4.34 Å². The normalized spacial score (nSPS) is 21.2. The Hall–Kier alpha value is -1.07. The van der Waals surface area contributed by atoms with E-state index in [1.54, 1.807) is 0 Å². The summed E-state index contributed by atoms with van der Waals surface area (Å²) in [5, 5.41) is 9.90. The molecule has 1 aliphatic rings. The Morgan fingerprint density at radius 3 is 2.95 bits per heavy atom. The number of aromatic nitrogens is 1. The number of para-hydroxylation sites is 1. The Morgan fingerprint density at radius 2 is 2.21 bits per heavy atom. The van der Waals surface area contributed by atoms with Gasteiger partial charge in [0.1, 0.15) is 0 Å². The lowest BCUT2D eigenvalue weighted by Crippen LogP contribution is -2.20. The number of rotatable bonds is 1. The number of nitriles is 1. The predicted molar refractivity (Wildman–Crippen MR) is 80.3 cm³/mol. The van der Waals surface area contributed by atoms with E-state index in [0.717, 1.165) is 11.9 Å². The summed E-state index contributed by atoms with van der Waals surface area (Å²) < 4.78 is 7.75. The third-order valence-electron chi connectivity index (χ3n) is 2.91. The summed E-state index contributed by atoms with van der Waals surface area (Å²) >= 11 is 6.29. The van der Waals surface area contributed by atoms with Gasteiger partial charge in [0.2, 0.25) is 7.65 Å². The summed E-state index contributed by atoms with van der Waals surface area (Å²) in [6, 6.07) is 12.4. The van der Waals surface area contributed by atoms with Gasteiger partial charge in [0, 0.05) is 17.5 Å². The predicted octanol–water partition coefficient (Wildman–Crippen LogP) is 4.84. The smallest absolute Gasteiger partial charge is 0.241 e. The fourth-order valence-electron chi connectivity index (χ4n) is 2.18. The van der Waals surface area contributed by atoms with Crippen LogP contribution in [0.3, 0.4) is 0 Å². The molecule has 0 saturated heterocycles. The van der Waals surface area contributed by atoms with Gasteiger partial charge in [-0.3, -0.25) is 4.34 Å². The molecule has 0 amide bonds. The van der Waals surface area contributed by atoms with Crippen LogP contribution in [0.4, 0.5) is 0 Å². The monoisotopic (exact) mass is 294 g/mol. The Morgan fingerprint density at radius 1 is 1.47 bits per heavy atom. The van der Waals surface area contributed by atoms with Crippen LogP contribution in [0.2, 0.25) is 0 Å². The highest BCUT2D eigenvalue weighted by Gasteiger charge is 2.28. The zero-order valence-corrected chi connectivity index (χ0v) is 12.7. The largest absolute Gasteiger partial charge is 0.322 e. The molecule has 5 heteroatoms. The molecule has 2 atom stereocenters. The number of nitrogens with zero attached hydrogens (tertiary/aromatic N) is 2. The molecule has 2 heterocycles. The van der Waals surface area contributed by atoms with Gasteiger partial charge in [0.05, 0.1) is 24.1 Å². The Bertz CT molecular complexity index is 605. The van der Waals surface area contributed by atoms with Gasteiger partial charge in [-0.2, -0.15) is 5.26 Å². The summed E-state index contributed by atoms with van der Waals surface area (Å²) in [7, 11) is -1.18. The van der Waals surface area contributed by atoms with E-state index in [-0.39, 0.29) is 6.10 Å². The van der Waals surface area contributed by atoms with Crippen molar-refractivity contribution in [3.8, 4) is 6.07 Å². The summed E-state index contributed by atoms with van der Waals surface area (Å²) in [5.41, 5.74) is 2.28. The van der Waals surface area contributed by atoms with Gasteiger partial charge in [0.15, 0.2) is 0 Å². The van der Waals surface area contributed by atoms with E-state index < -0.39 is 7.65 Å². The fraction of sp³-hybridized carbons (Fsp3) is 0.357. The zero-order chi connectivity index (χ0) is 13.8. The lowest BCUT2D eigenvalue weighted by molar-refractivity contribution is 0.221. The van der Waals surface area contributed by atoms with Gasteiger partial charge in [-0.25, -0.2) is 0 Å². The van der Waals surface area contributed by atoms with Gasteiger partial charge >= 0.3 is 0 Å². The highest BCUT2D eigenvalue weighted by molar-refractivity contribution is 7.79. The van der Waals surface area contributed by atoms with Gasteiger partial charge in [-0.05, 0) is 23.4 Å². The zero-order valence-electron chi connectivity index (χ0n) is 11.0. The van der Waals surface area contributed by atoms with Crippen LogP contribution >= 0.6 is 18.9 Å². The van der Waals surface area contributed by atoms with Crippen molar-refractivity contribution in [3.05, 3.63) is 36.0 Å². The summed E-state index contributed by atoms with van der Waals surface area (Å²) in [5.74, 6) is 0. The lowest BCUT2D eigenvalue weighted by Gasteiger charge is -2.27. The maximum Gasteiger partial charge on any atom is 0.241 e. The van der Waals surface area contributed by atoms with Crippen LogP contribution in [-0.4, -0.2) is 10.4 Å². The van der Waals surface area contributed by atoms with Gasteiger partial charge < -0.3 is 4.52 Å². The lowest BCUT2D eigenvalue weighted by atomic mass is 10.1. The molecule has 0 saturated carbocycles. The van der Waals surface area contributed by atoms with Gasteiger partial charge in [0.25, 0.3) is 0 Å².